The summed E-state index contributed by atoms with van der Waals surface area (Å²) in [5, 5.41) is 11.4. The van der Waals surface area contributed by atoms with Crippen LogP contribution in [-0.2, 0) is 9.31 Å². The number of anilines is 2. The van der Waals surface area contributed by atoms with Gasteiger partial charge in [-0.3, -0.25) is 0 Å². The van der Waals surface area contributed by atoms with Crippen molar-refractivity contribution in [2.75, 3.05) is 5.32 Å². The monoisotopic (exact) mass is 341 g/mol. The van der Waals surface area contributed by atoms with Crippen LogP contribution in [0.3, 0.4) is 0 Å². The molecule has 0 radical (unpaired) electrons. The van der Waals surface area contributed by atoms with Crippen molar-refractivity contribution < 1.29 is 13.7 Å². The average Bonchev–Trinajstić information content (AvgIpc) is 3.01. The molecule has 0 atom stereocenters. The molecule has 6 nitrogen and oxygen atoms in total. The van der Waals surface area contributed by atoms with Crippen molar-refractivity contribution in [3.05, 3.63) is 30.2 Å². The second kappa shape index (κ2) is 5.85. The maximum absolute atomic E-state index is 6.07. The molecule has 1 saturated carbocycles. The Morgan fingerprint density at radius 1 is 1.00 bits per heavy atom. The van der Waals surface area contributed by atoms with Crippen molar-refractivity contribution in [1.29, 1.82) is 0 Å². The number of nitrogens with zero attached hydrogens (tertiary/aromatic N) is 2. The molecule has 2 heterocycles. The highest BCUT2D eigenvalue weighted by molar-refractivity contribution is 6.62. The highest BCUT2D eigenvalue weighted by Crippen LogP contribution is 2.37. The van der Waals surface area contributed by atoms with E-state index in [9.17, 15) is 0 Å². The molecule has 1 saturated heterocycles. The first-order valence-corrected chi connectivity index (χ1v) is 8.90. The van der Waals surface area contributed by atoms with E-state index in [-0.39, 0.29) is 18.3 Å². The van der Waals surface area contributed by atoms with Gasteiger partial charge in [-0.05, 0) is 58.1 Å². The minimum atomic E-state index is -0.354. The molecule has 7 heteroatoms. The Hall–Kier alpha value is -1.86. The van der Waals surface area contributed by atoms with Gasteiger partial charge in [-0.15, -0.1) is 5.10 Å². The van der Waals surface area contributed by atoms with Gasteiger partial charge in [-0.25, -0.2) is 0 Å². The molecule has 4 rings (SSSR count). The Balaban J connectivity index is 1.43. The standard InChI is InChI=1S/C18H24BN3O3/c1-17(2)18(3,4)25-19(24-17)13-8-10-14(11-9-13)20-16-22-21-15(23-16)12-6-5-7-12/h8-12H,5-7H2,1-4H3,(H,20,22). The van der Waals surface area contributed by atoms with Gasteiger partial charge in [0.25, 0.3) is 0 Å². The SMILES string of the molecule is CC1(C)OB(c2ccc(Nc3nnc(C4CCC4)o3)cc2)OC1(C)C. The largest absolute Gasteiger partial charge is 0.494 e. The summed E-state index contributed by atoms with van der Waals surface area (Å²) >= 11 is 0. The first kappa shape index (κ1) is 16.6. The van der Waals surface area contributed by atoms with Gasteiger partial charge < -0.3 is 19.0 Å². The van der Waals surface area contributed by atoms with Crippen LogP contribution in [0.15, 0.2) is 28.7 Å². The molecule has 2 aromatic rings. The minimum Gasteiger partial charge on any atom is -0.408 e. The molecule has 0 spiro atoms. The molecule has 1 aliphatic carbocycles. The number of benzene rings is 1. The summed E-state index contributed by atoms with van der Waals surface area (Å²) in [7, 11) is -0.354. The van der Waals surface area contributed by atoms with E-state index >= 15 is 0 Å². The van der Waals surface area contributed by atoms with Crippen LogP contribution in [0.2, 0.25) is 0 Å². The predicted octanol–water partition coefficient (Wildman–Crippen LogP) is 3.38. The maximum Gasteiger partial charge on any atom is 0.494 e. The first-order chi connectivity index (χ1) is 11.8. The second-order valence-corrected chi connectivity index (χ2v) is 7.91. The van der Waals surface area contributed by atoms with E-state index in [0.29, 0.717) is 11.9 Å². The van der Waals surface area contributed by atoms with Crippen molar-refractivity contribution in [1.82, 2.24) is 10.2 Å². The summed E-state index contributed by atoms with van der Waals surface area (Å²) in [6, 6.07) is 8.35. The zero-order valence-electron chi connectivity index (χ0n) is 15.2. The zero-order chi connectivity index (χ0) is 17.7. The van der Waals surface area contributed by atoms with Gasteiger partial charge in [-0.1, -0.05) is 23.7 Å². The molecule has 1 aromatic carbocycles. The molecular formula is C18H24BN3O3. The van der Waals surface area contributed by atoms with E-state index in [1.807, 2.05) is 24.3 Å². The van der Waals surface area contributed by atoms with Gasteiger partial charge in [0.2, 0.25) is 5.89 Å². The molecule has 1 aliphatic heterocycles. The smallest absolute Gasteiger partial charge is 0.408 e. The molecule has 0 bridgehead atoms. The highest BCUT2D eigenvalue weighted by Gasteiger charge is 2.51. The molecule has 0 unspecified atom stereocenters. The molecule has 1 aromatic heterocycles. The van der Waals surface area contributed by atoms with E-state index in [0.717, 1.165) is 29.9 Å². The van der Waals surface area contributed by atoms with Crippen molar-refractivity contribution >= 4 is 24.3 Å². The van der Waals surface area contributed by atoms with Crippen molar-refractivity contribution in [2.24, 2.45) is 0 Å². The maximum atomic E-state index is 6.07. The van der Waals surface area contributed by atoms with E-state index in [2.05, 4.69) is 43.2 Å². The van der Waals surface area contributed by atoms with Gasteiger partial charge >= 0.3 is 13.1 Å². The summed E-state index contributed by atoms with van der Waals surface area (Å²) < 4.78 is 17.8. The number of rotatable bonds is 4. The van der Waals surface area contributed by atoms with Crippen LogP contribution in [0, 0.1) is 0 Å². The van der Waals surface area contributed by atoms with Crippen LogP contribution in [0.5, 0.6) is 0 Å². The first-order valence-electron chi connectivity index (χ1n) is 8.90. The van der Waals surface area contributed by atoms with Crippen LogP contribution in [-0.4, -0.2) is 28.5 Å². The van der Waals surface area contributed by atoms with Gasteiger partial charge in [0, 0.05) is 11.6 Å². The van der Waals surface area contributed by atoms with Crippen molar-refractivity contribution in [3.8, 4) is 0 Å². The fourth-order valence-electron chi connectivity index (χ4n) is 2.93. The van der Waals surface area contributed by atoms with E-state index in [1.54, 1.807) is 0 Å². The van der Waals surface area contributed by atoms with E-state index in [4.69, 9.17) is 13.7 Å². The molecular weight excluding hydrogens is 317 g/mol. The summed E-state index contributed by atoms with van der Waals surface area (Å²) in [6.45, 7) is 8.22. The highest BCUT2D eigenvalue weighted by atomic mass is 16.7. The molecule has 2 fully saturated rings. The normalized spacial score (nSPS) is 22.0. The third kappa shape index (κ3) is 3.07. The van der Waals surface area contributed by atoms with Crippen molar-refractivity contribution in [2.45, 2.75) is 64.1 Å². The Labute approximate surface area is 148 Å². The van der Waals surface area contributed by atoms with Gasteiger partial charge in [0.1, 0.15) is 0 Å². The predicted molar refractivity (Wildman–Crippen MR) is 96.3 cm³/mol. The van der Waals surface area contributed by atoms with Gasteiger partial charge in [-0.2, -0.15) is 0 Å². The lowest BCUT2D eigenvalue weighted by Crippen LogP contribution is -2.41. The summed E-state index contributed by atoms with van der Waals surface area (Å²) in [4.78, 5) is 0. The summed E-state index contributed by atoms with van der Waals surface area (Å²) in [6.07, 6.45) is 3.53. The second-order valence-electron chi connectivity index (χ2n) is 7.91. The lowest BCUT2D eigenvalue weighted by molar-refractivity contribution is 0.00578. The fourth-order valence-corrected chi connectivity index (χ4v) is 2.93. The molecule has 2 aliphatic rings. The van der Waals surface area contributed by atoms with Crippen LogP contribution in [0.1, 0.15) is 58.8 Å². The van der Waals surface area contributed by atoms with E-state index in [1.165, 1.54) is 6.42 Å². The Morgan fingerprint density at radius 2 is 1.64 bits per heavy atom. The average molecular weight is 341 g/mol. The molecule has 25 heavy (non-hydrogen) atoms. The molecule has 1 N–H and O–H groups in total. The Morgan fingerprint density at radius 3 is 2.20 bits per heavy atom. The molecule has 132 valence electrons. The third-order valence-corrected chi connectivity index (χ3v) is 5.58. The molecule has 0 amide bonds. The number of hydrogen-bond donors (Lipinski definition) is 1. The van der Waals surface area contributed by atoms with E-state index < -0.39 is 0 Å². The van der Waals surface area contributed by atoms with Crippen LogP contribution in [0.25, 0.3) is 0 Å². The number of nitrogens with one attached hydrogen (secondary N) is 1. The lowest BCUT2D eigenvalue weighted by atomic mass is 9.79. The zero-order valence-corrected chi connectivity index (χ0v) is 15.2. The lowest BCUT2D eigenvalue weighted by Gasteiger charge is -2.32. The minimum absolute atomic E-state index is 0.337. The van der Waals surface area contributed by atoms with Gasteiger partial charge in [0.15, 0.2) is 0 Å². The third-order valence-electron chi connectivity index (χ3n) is 5.58. The Kier molecular flexibility index (Phi) is 3.88. The van der Waals surface area contributed by atoms with Crippen molar-refractivity contribution in [3.63, 3.8) is 0 Å². The number of hydrogen-bond acceptors (Lipinski definition) is 6. The van der Waals surface area contributed by atoms with Crippen LogP contribution >= 0.6 is 0 Å². The topological polar surface area (TPSA) is 69.4 Å². The van der Waals surface area contributed by atoms with Gasteiger partial charge in [0.05, 0.1) is 11.2 Å². The quantitative estimate of drug-likeness (QED) is 0.860. The van der Waals surface area contributed by atoms with Crippen LogP contribution < -0.4 is 10.8 Å². The fraction of sp³-hybridized carbons (Fsp3) is 0.556. The Bertz CT molecular complexity index is 737. The summed E-state index contributed by atoms with van der Waals surface area (Å²) in [5.41, 5.74) is 1.21. The summed E-state index contributed by atoms with van der Waals surface area (Å²) in [5.74, 6) is 1.18. The van der Waals surface area contributed by atoms with Crippen LogP contribution in [0.4, 0.5) is 11.7 Å². The number of aromatic nitrogens is 2.